The molecule has 8 heteroatoms. The summed E-state index contributed by atoms with van der Waals surface area (Å²) in [7, 11) is 0. The zero-order chi connectivity index (χ0) is 24.0. The van der Waals surface area contributed by atoms with Gasteiger partial charge in [-0.3, -0.25) is 9.59 Å². The molecule has 1 atom stereocenters. The largest absolute Gasteiger partial charge is 0.352 e. The van der Waals surface area contributed by atoms with Gasteiger partial charge in [-0.2, -0.15) is 0 Å². The van der Waals surface area contributed by atoms with Crippen molar-refractivity contribution >= 4 is 46.6 Å². The molecule has 1 aliphatic carbocycles. The Bertz CT molecular complexity index is 975. The average Bonchev–Trinajstić information content (AvgIpc) is 2.78. The summed E-state index contributed by atoms with van der Waals surface area (Å²) in [6, 6.07) is 8.69. The first-order valence-corrected chi connectivity index (χ1v) is 12.4. The van der Waals surface area contributed by atoms with Gasteiger partial charge in [-0.15, -0.1) is 0 Å². The Hall–Kier alpha value is -1.82. The van der Waals surface area contributed by atoms with Crippen molar-refractivity contribution in [2.24, 2.45) is 0 Å². The van der Waals surface area contributed by atoms with Gasteiger partial charge in [0.15, 0.2) is 0 Å². The second-order valence-corrected chi connectivity index (χ2v) is 9.65. The lowest BCUT2D eigenvalue weighted by Gasteiger charge is -2.33. The van der Waals surface area contributed by atoms with Crippen molar-refractivity contribution in [1.29, 1.82) is 0 Å². The number of carbonyl (C=O) groups is 2. The quantitative estimate of drug-likeness (QED) is 0.433. The Morgan fingerprint density at radius 2 is 1.82 bits per heavy atom. The standard InChI is InChI=1S/C25H28Cl3FN2O2/c1-2-23(25(33)30-18-7-4-3-5-8-18)31(15-16-11-12-17(26)13-21(16)28)24(32)14-19-20(27)9-6-10-22(19)29/h6,9-13,18,23H,2-5,7-8,14-15H2,1H3,(H,30,33)/t23-/m1/s1. The van der Waals surface area contributed by atoms with E-state index in [1.165, 1.54) is 23.5 Å². The Labute approximate surface area is 209 Å². The van der Waals surface area contributed by atoms with Crippen LogP contribution in [-0.4, -0.2) is 28.8 Å². The summed E-state index contributed by atoms with van der Waals surface area (Å²) in [6.45, 7) is 1.95. The minimum atomic E-state index is -0.725. The predicted molar refractivity (Wildman–Crippen MR) is 131 cm³/mol. The maximum atomic E-state index is 14.4. The molecule has 2 aromatic rings. The lowest BCUT2D eigenvalue weighted by atomic mass is 9.95. The zero-order valence-corrected chi connectivity index (χ0v) is 20.8. The number of nitrogens with zero attached hydrogens (tertiary/aromatic N) is 1. The molecule has 1 aliphatic rings. The molecule has 33 heavy (non-hydrogen) atoms. The molecular formula is C25H28Cl3FN2O2. The van der Waals surface area contributed by atoms with E-state index in [0.29, 0.717) is 22.0 Å². The summed E-state index contributed by atoms with van der Waals surface area (Å²) in [6.07, 6.45) is 5.35. The lowest BCUT2D eigenvalue weighted by molar-refractivity contribution is -0.141. The van der Waals surface area contributed by atoms with E-state index in [2.05, 4.69) is 5.32 Å². The molecule has 178 valence electrons. The average molecular weight is 514 g/mol. The highest BCUT2D eigenvalue weighted by atomic mass is 35.5. The van der Waals surface area contributed by atoms with Gasteiger partial charge < -0.3 is 10.2 Å². The minimum absolute atomic E-state index is 0.0947. The van der Waals surface area contributed by atoms with E-state index in [0.717, 1.165) is 25.7 Å². The van der Waals surface area contributed by atoms with Crippen LogP contribution in [0.5, 0.6) is 0 Å². The van der Waals surface area contributed by atoms with E-state index in [9.17, 15) is 14.0 Å². The molecule has 2 aromatic carbocycles. The lowest BCUT2D eigenvalue weighted by Crippen LogP contribution is -2.52. The molecule has 0 bridgehead atoms. The first-order valence-electron chi connectivity index (χ1n) is 11.3. The first kappa shape index (κ1) is 25.8. The summed E-state index contributed by atoms with van der Waals surface area (Å²) in [5, 5.41) is 4.16. The molecular weight excluding hydrogens is 486 g/mol. The van der Waals surface area contributed by atoms with Crippen molar-refractivity contribution in [3.63, 3.8) is 0 Å². The molecule has 0 saturated heterocycles. The third-order valence-corrected chi connectivity index (χ3v) is 7.02. The SMILES string of the molecule is CC[C@H](C(=O)NC1CCCCC1)N(Cc1ccc(Cl)cc1Cl)C(=O)Cc1c(F)cccc1Cl. The fraction of sp³-hybridized carbons (Fsp3) is 0.440. The number of hydrogen-bond acceptors (Lipinski definition) is 2. The van der Waals surface area contributed by atoms with Crippen LogP contribution in [0.3, 0.4) is 0 Å². The van der Waals surface area contributed by atoms with E-state index >= 15 is 0 Å². The number of amides is 2. The number of hydrogen-bond donors (Lipinski definition) is 1. The van der Waals surface area contributed by atoms with E-state index in [1.807, 2.05) is 6.92 Å². The van der Waals surface area contributed by atoms with E-state index < -0.39 is 17.8 Å². The Morgan fingerprint density at radius 1 is 1.09 bits per heavy atom. The van der Waals surface area contributed by atoms with Gasteiger partial charge in [0.25, 0.3) is 0 Å². The second-order valence-electron chi connectivity index (χ2n) is 8.40. The molecule has 4 nitrogen and oxygen atoms in total. The molecule has 0 spiro atoms. The molecule has 1 saturated carbocycles. The van der Waals surface area contributed by atoms with Crippen LogP contribution < -0.4 is 5.32 Å². The highest BCUT2D eigenvalue weighted by Gasteiger charge is 2.31. The minimum Gasteiger partial charge on any atom is -0.352 e. The topological polar surface area (TPSA) is 49.4 Å². The van der Waals surface area contributed by atoms with Gasteiger partial charge in [-0.05, 0) is 49.1 Å². The van der Waals surface area contributed by atoms with Crippen LogP contribution in [0, 0.1) is 5.82 Å². The maximum Gasteiger partial charge on any atom is 0.243 e. The van der Waals surface area contributed by atoms with Crippen molar-refractivity contribution in [2.45, 2.75) is 70.5 Å². The molecule has 0 radical (unpaired) electrons. The highest BCUT2D eigenvalue weighted by Crippen LogP contribution is 2.26. The fourth-order valence-corrected chi connectivity index (χ4v) is 4.95. The van der Waals surface area contributed by atoms with Crippen LogP contribution in [0.25, 0.3) is 0 Å². The Morgan fingerprint density at radius 3 is 2.45 bits per heavy atom. The fourth-order valence-electron chi connectivity index (χ4n) is 4.25. The Kier molecular flexibility index (Phi) is 9.42. The third kappa shape index (κ3) is 6.84. The van der Waals surface area contributed by atoms with Gasteiger partial charge in [0.2, 0.25) is 11.8 Å². The van der Waals surface area contributed by atoms with Crippen molar-refractivity contribution in [2.75, 3.05) is 0 Å². The van der Waals surface area contributed by atoms with Crippen molar-refractivity contribution in [1.82, 2.24) is 10.2 Å². The summed E-state index contributed by atoms with van der Waals surface area (Å²) < 4.78 is 14.4. The molecule has 1 fully saturated rings. The van der Waals surface area contributed by atoms with Crippen molar-refractivity contribution in [3.05, 3.63) is 68.4 Å². The third-order valence-electron chi connectivity index (χ3n) is 6.08. The molecule has 0 aromatic heterocycles. The summed E-state index contributed by atoms with van der Waals surface area (Å²) >= 11 is 18.5. The van der Waals surface area contributed by atoms with Gasteiger partial charge in [-0.1, -0.05) is 73.1 Å². The van der Waals surface area contributed by atoms with Crippen molar-refractivity contribution in [3.8, 4) is 0 Å². The van der Waals surface area contributed by atoms with Gasteiger partial charge in [0.1, 0.15) is 11.9 Å². The molecule has 1 N–H and O–H groups in total. The van der Waals surface area contributed by atoms with E-state index in [1.54, 1.807) is 24.3 Å². The maximum absolute atomic E-state index is 14.4. The number of benzene rings is 2. The summed E-state index contributed by atoms with van der Waals surface area (Å²) in [4.78, 5) is 28.2. The van der Waals surface area contributed by atoms with Gasteiger partial charge >= 0.3 is 0 Å². The van der Waals surface area contributed by atoms with Crippen LogP contribution in [0.15, 0.2) is 36.4 Å². The molecule has 3 rings (SSSR count). The van der Waals surface area contributed by atoms with E-state index in [4.69, 9.17) is 34.8 Å². The number of nitrogens with one attached hydrogen (secondary N) is 1. The van der Waals surface area contributed by atoms with Crippen molar-refractivity contribution < 1.29 is 14.0 Å². The molecule has 0 unspecified atom stereocenters. The number of carbonyl (C=O) groups excluding carboxylic acids is 2. The first-order chi connectivity index (χ1) is 15.8. The summed E-state index contributed by atoms with van der Waals surface area (Å²) in [5.41, 5.74) is 0.761. The van der Waals surface area contributed by atoms with Crippen LogP contribution in [0.1, 0.15) is 56.6 Å². The molecule has 0 aliphatic heterocycles. The summed E-state index contributed by atoms with van der Waals surface area (Å²) in [5.74, 6) is -1.17. The number of rotatable bonds is 8. The second kappa shape index (κ2) is 12.0. The molecule has 0 heterocycles. The predicted octanol–water partition coefficient (Wildman–Crippen LogP) is 6.58. The monoisotopic (exact) mass is 512 g/mol. The highest BCUT2D eigenvalue weighted by molar-refractivity contribution is 6.35. The van der Waals surface area contributed by atoms with Crippen LogP contribution in [0.4, 0.5) is 4.39 Å². The molecule has 2 amide bonds. The van der Waals surface area contributed by atoms with Gasteiger partial charge in [0.05, 0.1) is 6.42 Å². The van der Waals surface area contributed by atoms with Crippen LogP contribution in [0.2, 0.25) is 15.1 Å². The van der Waals surface area contributed by atoms with Crippen LogP contribution in [-0.2, 0) is 22.6 Å². The normalized spacial score (nSPS) is 15.2. The Balaban J connectivity index is 1.88. The van der Waals surface area contributed by atoms with Gasteiger partial charge in [-0.25, -0.2) is 4.39 Å². The number of halogens is 4. The smallest absolute Gasteiger partial charge is 0.243 e. The van der Waals surface area contributed by atoms with Crippen LogP contribution >= 0.6 is 34.8 Å². The van der Waals surface area contributed by atoms with E-state index in [-0.39, 0.29) is 35.5 Å². The zero-order valence-electron chi connectivity index (χ0n) is 18.6. The van der Waals surface area contributed by atoms with Gasteiger partial charge in [0, 0.05) is 33.2 Å².